The molecule has 0 amide bonds. The zero-order valence-corrected chi connectivity index (χ0v) is 10.1. The molecular weight excluding hydrogens is 226 g/mol. The lowest BCUT2D eigenvalue weighted by Crippen LogP contribution is -2.14. The van der Waals surface area contributed by atoms with Crippen molar-refractivity contribution < 1.29 is 0 Å². The second kappa shape index (κ2) is 4.14. The van der Waals surface area contributed by atoms with E-state index in [4.69, 9.17) is 0 Å². The van der Waals surface area contributed by atoms with E-state index in [-0.39, 0.29) is 5.56 Å². The minimum Gasteiger partial charge on any atom is -0.297 e. The molecule has 2 aromatic heterocycles. The molecule has 1 N–H and O–H groups in total. The SMILES string of the molecule is CCc1c[nH]n2c(=O)cc(-c3ccccc3)nc12. The van der Waals surface area contributed by atoms with Gasteiger partial charge in [-0.15, -0.1) is 0 Å². The molecule has 3 aromatic rings. The van der Waals surface area contributed by atoms with Crippen LogP contribution in [0.1, 0.15) is 12.5 Å². The summed E-state index contributed by atoms with van der Waals surface area (Å²) in [5.74, 6) is 0. The van der Waals surface area contributed by atoms with Gasteiger partial charge in [-0.2, -0.15) is 0 Å². The van der Waals surface area contributed by atoms with Crippen molar-refractivity contribution in [3.05, 3.63) is 58.5 Å². The number of hydrogen-bond donors (Lipinski definition) is 1. The molecule has 0 spiro atoms. The van der Waals surface area contributed by atoms with Crippen LogP contribution in [0.2, 0.25) is 0 Å². The molecule has 18 heavy (non-hydrogen) atoms. The molecule has 4 heteroatoms. The second-order valence-electron chi connectivity index (χ2n) is 4.16. The second-order valence-corrected chi connectivity index (χ2v) is 4.16. The van der Waals surface area contributed by atoms with Gasteiger partial charge in [-0.3, -0.25) is 9.89 Å². The molecule has 0 aliphatic heterocycles. The number of aromatic amines is 1. The van der Waals surface area contributed by atoms with Gasteiger partial charge in [0.15, 0.2) is 5.65 Å². The summed E-state index contributed by atoms with van der Waals surface area (Å²) in [6.07, 6.45) is 2.68. The molecule has 90 valence electrons. The molecular formula is C14H13N3O. The van der Waals surface area contributed by atoms with Crippen LogP contribution in [0.15, 0.2) is 47.4 Å². The Morgan fingerprint density at radius 2 is 2.06 bits per heavy atom. The maximum atomic E-state index is 12.0. The predicted molar refractivity (Wildman–Crippen MR) is 70.6 cm³/mol. The van der Waals surface area contributed by atoms with Gasteiger partial charge in [0.2, 0.25) is 0 Å². The van der Waals surface area contributed by atoms with Gasteiger partial charge in [0, 0.05) is 23.4 Å². The summed E-state index contributed by atoms with van der Waals surface area (Å²) < 4.78 is 1.48. The molecule has 0 saturated heterocycles. The Kier molecular flexibility index (Phi) is 2.48. The summed E-state index contributed by atoms with van der Waals surface area (Å²) in [6.45, 7) is 2.05. The normalized spacial score (nSPS) is 10.9. The Balaban J connectivity index is 2.29. The van der Waals surface area contributed by atoms with E-state index in [1.807, 2.05) is 43.5 Å². The highest BCUT2D eigenvalue weighted by molar-refractivity contribution is 5.62. The Hall–Kier alpha value is -2.36. The predicted octanol–water partition coefficient (Wildman–Crippen LogP) is 2.25. The fourth-order valence-electron chi connectivity index (χ4n) is 2.05. The van der Waals surface area contributed by atoms with Gasteiger partial charge in [0.1, 0.15) is 0 Å². The van der Waals surface area contributed by atoms with Crippen molar-refractivity contribution >= 4 is 5.65 Å². The number of hydrogen-bond acceptors (Lipinski definition) is 2. The third-order valence-corrected chi connectivity index (χ3v) is 3.02. The third kappa shape index (κ3) is 1.62. The maximum Gasteiger partial charge on any atom is 0.273 e. The summed E-state index contributed by atoms with van der Waals surface area (Å²) in [4.78, 5) is 16.6. The van der Waals surface area contributed by atoms with Crippen molar-refractivity contribution in [2.24, 2.45) is 0 Å². The van der Waals surface area contributed by atoms with Crippen molar-refractivity contribution in [2.45, 2.75) is 13.3 Å². The number of H-pyrrole nitrogens is 1. The van der Waals surface area contributed by atoms with E-state index in [0.29, 0.717) is 5.65 Å². The number of fused-ring (bicyclic) bond motifs is 1. The highest BCUT2D eigenvalue weighted by Gasteiger charge is 2.08. The van der Waals surface area contributed by atoms with E-state index >= 15 is 0 Å². The first-order chi connectivity index (χ1) is 8.79. The van der Waals surface area contributed by atoms with Crippen molar-refractivity contribution in [1.29, 1.82) is 0 Å². The molecule has 0 unspecified atom stereocenters. The molecule has 2 heterocycles. The zero-order chi connectivity index (χ0) is 12.5. The number of nitrogens with zero attached hydrogens (tertiary/aromatic N) is 2. The van der Waals surface area contributed by atoms with Gasteiger partial charge in [0.25, 0.3) is 5.56 Å². The molecule has 0 saturated carbocycles. The average molecular weight is 239 g/mol. The smallest absolute Gasteiger partial charge is 0.273 e. The molecule has 0 aliphatic carbocycles. The highest BCUT2D eigenvalue weighted by Crippen LogP contribution is 2.16. The Morgan fingerprint density at radius 1 is 1.28 bits per heavy atom. The summed E-state index contributed by atoms with van der Waals surface area (Å²) >= 11 is 0. The first kappa shape index (κ1) is 10.8. The minimum absolute atomic E-state index is 0.0847. The first-order valence-electron chi connectivity index (χ1n) is 5.95. The number of rotatable bonds is 2. The van der Waals surface area contributed by atoms with Gasteiger partial charge in [-0.25, -0.2) is 9.50 Å². The fourth-order valence-corrected chi connectivity index (χ4v) is 2.05. The topological polar surface area (TPSA) is 50.2 Å². The van der Waals surface area contributed by atoms with E-state index in [2.05, 4.69) is 10.1 Å². The quantitative estimate of drug-likeness (QED) is 0.745. The van der Waals surface area contributed by atoms with Crippen LogP contribution >= 0.6 is 0 Å². The van der Waals surface area contributed by atoms with Crippen LogP contribution in [-0.4, -0.2) is 14.6 Å². The average Bonchev–Trinajstić information content (AvgIpc) is 2.83. The number of aromatic nitrogens is 3. The van der Waals surface area contributed by atoms with Crippen LogP contribution in [0.4, 0.5) is 0 Å². The standard InChI is InChI=1S/C14H13N3O/c1-2-10-9-15-17-13(18)8-12(16-14(10)17)11-6-4-3-5-7-11/h3-9,15H,2H2,1H3. The number of aryl methyl sites for hydroxylation is 1. The van der Waals surface area contributed by atoms with Crippen LogP contribution < -0.4 is 5.56 Å². The summed E-state index contributed by atoms with van der Waals surface area (Å²) in [7, 11) is 0. The molecule has 0 atom stereocenters. The van der Waals surface area contributed by atoms with Gasteiger partial charge in [-0.1, -0.05) is 37.3 Å². The number of benzene rings is 1. The number of nitrogens with one attached hydrogen (secondary N) is 1. The lowest BCUT2D eigenvalue weighted by molar-refractivity contribution is 0.901. The van der Waals surface area contributed by atoms with Crippen LogP contribution in [-0.2, 0) is 6.42 Å². The molecule has 1 aromatic carbocycles. The summed E-state index contributed by atoms with van der Waals surface area (Å²) in [6, 6.07) is 11.3. The van der Waals surface area contributed by atoms with Gasteiger partial charge in [0.05, 0.1) is 5.69 Å². The Bertz CT molecular complexity index is 741. The van der Waals surface area contributed by atoms with Gasteiger partial charge >= 0.3 is 0 Å². The zero-order valence-electron chi connectivity index (χ0n) is 10.1. The molecule has 0 radical (unpaired) electrons. The molecule has 0 fully saturated rings. The highest BCUT2D eigenvalue weighted by atomic mass is 16.1. The first-order valence-corrected chi connectivity index (χ1v) is 5.95. The Morgan fingerprint density at radius 3 is 2.78 bits per heavy atom. The van der Waals surface area contributed by atoms with Gasteiger partial charge in [-0.05, 0) is 6.42 Å². The van der Waals surface area contributed by atoms with Crippen molar-refractivity contribution in [3.8, 4) is 11.3 Å². The van der Waals surface area contributed by atoms with Crippen molar-refractivity contribution in [1.82, 2.24) is 14.6 Å². The van der Waals surface area contributed by atoms with E-state index in [0.717, 1.165) is 23.2 Å². The van der Waals surface area contributed by atoms with Crippen LogP contribution in [0, 0.1) is 0 Å². The molecule has 3 rings (SSSR count). The van der Waals surface area contributed by atoms with Crippen LogP contribution in [0.5, 0.6) is 0 Å². The van der Waals surface area contributed by atoms with E-state index < -0.39 is 0 Å². The van der Waals surface area contributed by atoms with Crippen LogP contribution in [0.25, 0.3) is 16.9 Å². The Labute approximate surface area is 104 Å². The largest absolute Gasteiger partial charge is 0.297 e. The lowest BCUT2D eigenvalue weighted by Gasteiger charge is -2.01. The minimum atomic E-state index is -0.0847. The lowest BCUT2D eigenvalue weighted by atomic mass is 10.1. The van der Waals surface area contributed by atoms with E-state index in [9.17, 15) is 4.79 Å². The monoisotopic (exact) mass is 239 g/mol. The molecule has 0 aliphatic rings. The van der Waals surface area contributed by atoms with Gasteiger partial charge < -0.3 is 0 Å². The summed E-state index contributed by atoms with van der Waals surface area (Å²) in [5.41, 5.74) is 3.35. The van der Waals surface area contributed by atoms with Crippen LogP contribution in [0.3, 0.4) is 0 Å². The fraction of sp³-hybridized carbons (Fsp3) is 0.143. The third-order valence-electron chi connectivity index (χ3n) is 3.02. The maximum absolute atomic E-state index is 12.0. The van der Waals surface area contributed by atoms with Crippen molar-refractivity contribution in [2.75, 3.05) is 0 Å². The van der Waals surface area contributed by atoms with E-state index in [1.54, 1.807) is 6.07 Å². The van der Waals surface area contributed by atoms with Crippen molar-refractivity contribution in [3.63, 3.8) is 0 Å². The summed E-state index contributed by atoms with van der Waals surface area (Å²) in [5, 5.41) is 2.93. The molecule has 4 nitrogen and oxygen atoms in total. The van der Waals surface area contributed by atoms with E-state index in [1.165, 1.54) is 4.52 Å². The molecule has 0 bridgehead atoms.